The highest BCUT2D eigenvalue weighted by atomic mass is 16.8. The first kappa shape index (κ1) is 22.0. The topological polar surface area (TPSA) is 95.5 Å². The smallest absolute Gasteiger partial charge is 0.307 e. The number of carbonyl (C=O) groups is 1. The summed E-state index contributed by atoms with van der Waals surface area (Å²) in [6, 6.07) is 6.86. The Labute approximate surface area is 171 Å². The van der Waals surface area contributed by atoms with Crippen LogP contribution in [0.4, 0.5) is 0 Å². The van der Waals surface area contributed by atoms with E-state index in [0.29, 0.717) is 19.6 Å². The first-order valence-electron chi connectivity index (χ1n) is 10.0. The standard InChI is InChI=1S/C21H31NO7/c1-5-26-17(24)11-14(22-12-13-8-6-7-9-15(13)23)10-16-18(25-4)19-20(27-16)29-21(2,3)28-19/h6-9,14,16,18-20,22-23H,5,10-12H2,1-4H3/t14-,16+,18-,19+,20+/m0/s1. The van der Waals surface area contributed by atoms with Crippen LogP contribution in [0.3, 0.4) is 0 Å². The third-order valence-electron chi connectivity index (χ3n) is 5.17. The summed E-state index contributed by atoms with van der Waals surface area (Å²) in [4.78, 5) is 12.1. The first-order chi connectivity index (χ1) is 13.8. The Kier molecular flexibility index (Phi) is 7.13. The molecule has 0 unspecified atom stereocenters. The highest BCUT2D eigenvalue weighted by Gasteiger charge is 2.55. The van der Waals surface area contributed by atoms with E-state index in [4.69, 9.17) is 23.7 Å². The fraction of sp³-hybridized carbons (Fsp3) is 0.667. The van der Waals surface area contributed by atoms with E-state index < -0.39 is 12.1 Å². The lowest BCUT2D eigenvalue weighted by Crippen LogP contribution is -2.41. The number of aromatic hydroxyl groups is 1. The van der Waals surface area contributed by atoms with Gasteiger partial charge in [-0.3, -0.25) is 4.79 Å². The molecule has 0 bridgehead atoms. The maximum absolute atomic E-state index is 12.1. The van der Waals surface area contributed by atoms with Gasteiger partial charge in [-0.25, -0.2) is 0 Å². The SMILES string of the molecule is CCOC(=O)C[C@H](C[C@H]1O[C@@H]2OC(C)(C)O[C@@H]2[C@H]1OC)NCc1ccccc1O. The molecular weight excluding hydrogens is 378 g/mol. The molecular formula is C21H31NO7. The summed E-state index contributed by atoms with van der Waals surface area (Å²) in [6.45, 7) is 6.20. The van der Waals surface area contributed by atoms with E-state index in [2.05, 4.69) is 5.32 Å². The molecule has 0 spiro atoms. The van der Waals surface area contributed by atoms with E-state index >= 15 is 0 Å². The summed E-state index contributed by atoms with van der Waals surface area (Å²) < 4.78 is 28.6. The molecule has 0 aromatic heterocycles. The molecule has 2 saturated heterocycles. The molecule has 0 amide bonds. The molecule has 29 heavy (non-hydrogen) atoms. The van der Waals surface area contributed by atoms with E-state index in [1.807, 2.05) is 26.0 Å². The van der Waals surface area contributed by atoms with Crippen LogP contribution in [-0.2, 0) is 35.0 Å². The summed E-state index contributed by atoms with van der Waals surface area (Å²) in [7, 11) is 1.62. The zero-order valence-corrected chi connectivity index (χ0v) is 17.4. The lowest BCUT2D eigenvalue weighted by molar-refractivity contribution is -0.217. The Bertz CT molecular complexity index is 695. The number of fused-ring (bicyclic) bond motifs is 1. The molecule has 0 saturated carbocycles. The predicted octanol–water partition coefficient (Wildman–Crippen LogP) is 2.09. The van der Waals surface area contributed by atoms with Crippen LogP contribution >= 0.6 is 0 Å². The average molecular weight is 409 g/mol. The summed E-state index contributed by atoms with van der Waals surface area (Å²) in [5, 5.41) is 13.3. The number of nitrogens with one attached hydrogen (secondary N) is 1. The number of methoxy groups -OCH3 is 1. The van der Waals surface area contributed by atoms with Crippen molar-refractivity contribution in [2.24, 2.45) is 0 Å². The zero-order valence-electron chi connectivity index (χ0n) is 17.4. The van der Waals surface area contributed by atoms with Gasteiger partial charge in [0.05, 0.1) is 19.1 Å². The number of para-hydroxylation sites is 1. The minimum atomic E-state index is -0.718. The number of ether oxygens (including phenoxy) is 5. The van der Waals surface area contributed by atoms with Crippen LogP contribution in [0.5, 0.6) is 5.75 Å². The second-order valence-corrected chi connectivity index (χ2v) is 7.79. The summed E-state index contributed by atoms with van der Waals surface area (Å²) in [5.74, 6) is -0.798. The molecule has 3 rings (SSSR count). The van der Waals surface area contributed by atoms with Crippen LogP contribution in [0.15, 0.2) is 24.3 Å². The van der Waals surface area contributed by atoms with Gasteiger partial charge < -0.3 is 34.1 Å². The quantitative estimate of drug-likeness (QED) is 0.599. The summed E-state index contributed by atoms with van der Waals surface area (Å²) in [6.07, 6.45) is -0.741. The molecule has 5 atom stereocenters. The van der Waals surface area contributed by atoms with Gasteiger partial charge in [0.25, 0.3) is 0 Å². The van der Waals surface area contributed by atoms with Crippen molar-refractivity contribution in [3.05, 3.63) is 29.8 Å². The lowest BCUT2D eigenvalue weighted by atomic mass is 10.00. The second-order valence-electron chi connectivity index (χ2n) is 7.79. The minimum absolute atomic E-state index is 0.181. The van der Waals surface area contributed by atoms with Crippen molar-refractivity contribution in [2.45, 2.75) is 76.6 Å². The highest BCUT2D eigenvalue weighted by molar-refractivity contribution is 5.70. The van der Waals surface area contributed by atoms with Crippen molar-refractivity contribution >= 4 is 5.97 Å². The molecule has 0 radical (unpaired) electrons. The molecule has 1 aromatic carbocycles. The fourth-order valence-electron chi connectivity index (χ4n) is 3.88. The van der Waals surface area contributed by atoms with Gasteiger partial charge in [0.1, 0.15) is 18.0 Å². The average Bonchev–Trinajstić information content (AvgIpc) is 3.11. The molecule has 8 nitrogen and oxygen atoms in total. The van der Waals surface area contributed by atoms with Gasteiger partial charge in [0.2, 0.25) is 0 Å². The van der Waals surface area contributed by atoms with Crippen LogP contribution < -0.4 is 5.32 Å². The fourth-order valence-corrected chi connectivity index (χ4v) is 3.88. The van der Waals surface area contributed by atoms with E-state index in [9.17, 15) is 9.90 Å². The van der Waals surface area contributed by atoms with E-state index in [0.717, 1.165) is 5.56 Å². The van der Waals surface area contributed by atoms with E-state index in [1.54, 1.807) is 26.2 Å². The summed E-state index contributed by atoms with van der Waals surface area (Å²) >= 11 is 0. The van der Waals surface area contributed by atoms with Crippen LogP contribution in [0.2, 0.25) is 0 Å². The maximum Gasteiger partial charge on any atom is 0.307 e. The van der Waals surface area contributed by atoms with Crippen molar-refractivity contribution in [1.82, 2.24) is 5.32 Å². The summed E-state index contributed by atoms with van der Waals surface area (Å²) in [5.41, 5.74) is 0.752. The Hall–Kier alpha value is -1.71. The van der Waals surface area contributed by atoms with Crippen LogP contribution in [0, 0.1) is 0 Å². The van der Waals surface area contributed by atoms with Crippen LogP contribution in [0.25, 0.3) is 0 Å². The molecule has 2 heterocycles. The third-order valence-corrected chi connectivity index (χ3v) is 5.17. The second kappa shape index (κ2) is 9.40. The molecule has 162 valence electrons. The first-order valence-corrected chi connectivity index (χ1v) is 10.0. The van der Waals surface area contributed by atoms with Crippen molar-refractivity contribution in [1.29, 1.82) is 0 Å². The largest absolute Gasteiger partial charge is 0.508 e. The van der Waals surface area contributed by atoms with Gasteiger partial charge in [-0.2, -0.15) is 0 Å². The number of rotatable bonds is 9. The zero-order chi connectivity index (χ0) is 21.0. The number of hydrogen-bond donors (Lipinski definition) is 2. The normalized spacial score (nSPS) is 28.8. The van der Waals surface area contributed by atoms with Crippen LogP contribution in [-0.4, -0.2) is 61.2 Å². The van der Waals surface area contributed by atoms with Crippen molar-refractivity contribution < 1.29 is 33.6 Å². The number of phenols is 1. The molecule has 8 heteroatoms. The molecule has 0 aliphatic carbocycles. The van der Waals surface area contributed by atoms with E-state index in [1.165, 1.54) is 0 Å². The predicted molar refractivity (Wildman–Crippen MR) is 104 cm³/mol. The Morgan fingerprint density at radius 3 is 2.76 bits per heavy atom. The number of phenolic OH excluding ortho intramolecular Hbond substituents is 1. The lowest BCUT2D eigenvalue weighted by Gasteiger charge is -2.28. The van der Waals surface area contributed by atoms with E-state index in [-0.39, 0.29) is 42.5 Å². The van der Waals surface area contributed by atoms with Gasteiger partial charge in [-0.1, -0.05) is 18.2 Å². The monoisotopic (exact) mass is 409 g/mol. The van der Waals surface area contributed by atoms with Gasteiger partial charge in [0, 0.05) is 25.3 Å². The van der Waals surface area contributed by atoms with Crippen molar-refractivity contribution in [3.8, 4) is 5.75 Å². The molecule has 2 N–H and O–H groups in total. The number of hydrogen-bond acceptors (Lipinski definition) is 8. The third kappa shape index (κ3) is 5.46. The van der Waals surface area contributed by atoms with Crippen molar-refractivity contribution in [3.63, 3.8) is 0 Å². The Morgan fingerprint density at radius 2 is 2.07 bits per heavy atom. The minimum Gasteiger partial charge on any atom is -0.508 e. The van der Waals surface area contributed by atoms with Gasteiger partial charge in [0.15, 0.2) is 12.1 Å². The molecule has 1 aromatic rings. The van der Waals surface area contributed by atoms with Gasteiger partial charge >= 0.3 is 5.97 Å². The van der Waals surface area contributed by atoms with Crippen LogP contribution in [0.1, 0.15) is 39.2 Å². The Morgan fingerprint density at radius 1 is 1.31 bits per heavy atom. The van der Waals surface area contributed by atoms with Crippen molar-refractivity contribution in [2.75, 3.05) is 13.7 Å². The number of esters is 1. The highest BCUT2D eigenvalue weighted by Crippen LogP contribution is 2.39. The number of benzene rings is 1. The number of carbonyl (C=O) groups excluding carboxylic acids is 1. The van der Waals surface area contributed by atoms with Gasteiger partial charge in [-0.05, 0) is 33.3 Å². The molecule has 2 aliphatic rings. The molecule has 2 aliphatic heterocycles. The maximum atomic E-state index is 12.1. The Balaban J connectivity index is 1.66. The molecule has 2 fully saturated rings. The van der Waals surface area contributed by atoms with Gasteiger partial charge in [-0.15, -0.1) is 0 Å².